The summed E-state index contributed by atoms with van der Waals surface area (Å²) in [5.41, 5.74) is 2.94. The molecule has 0 bridgehead atoms. The van der Waals surface area contributed by atoms with Crippen molar-refractivity contribution in [1.29, 1.82) is 0 Å². The number of nitrogens with one attached hydrogen (secondary N) is 1. The van der Waals surface area contributed by atoms with E-state index in [9.17, 15) is 5.11 Å². The Morgan fingerprint density at radius 3 is 2.33 bits per heavy atom. The highest BCUT2D eigenvalue weighted by Gasteiger charge is 2.35. The van der Waals surface area contributed by atoms with Crippen LogP contribution in [0.25, 0.3) is 0 Å². The predicted molar refractivity (Wildman–Crippen MR) is 75.5 cm³/mol. The molecule has 2 heteroatoms. The summed E-state index contributed by atoms with van der Waals surface area (Å²) in [5.74, 6) is 0. The van der Waals surface area contributed by atoms with Crippen molar-refractivity contribution in [2.45, 2.75) is 45.6 Å². The standard InChI is InChI=1S/C16H25NO/c1-2-4-14-5-7-15(8-6-14)11-17-12-16(13-18)9-3-10-16/h5-8,17-18H,2-4,9-13H2,1H3. The van der Waals surface area contributed by atoms with Gasteiger partial charge in [0.05, 0.1) is 0 Å². The summed E-state index contributed by atoms with van der Waals surface area (Å²) in [6, 6.07) is 8.88. The van der Waals surface area contributed by atoms with Crippen molar-refractivity contribution in [2.24, 2.45) is 5.41 Å². The zero-order valence-electron chi connectivity index (χ0n) is 11.4. The van der Waals surface area contributed by atoms with Gasteiger partial charge >= 0.3 is 0 Å². The number of aliphatic hydroxyl groups excluding tert-OH is 1. The molecule has 2 rings (SSSR count). The van der Waals surface area contributed by atoms with Crippen LogP contribution >= 0.6 is 0 Å². The molecule has 1 aliphatic carbocycles. The maximum atomic E-state index is 9.39. The fraction of sp³-hybridized carbons (Fsp3) is 0.625. The van der Waals surface area contributed by atoms with Crippen LogP contribution in [0, 0.1) is 5.41 Å². The van der Waals surface area contributed by atoms with Crippen molar-refractivity contribution in [1.82, 2.24) is 5.32 Å². The van der Waals surface area contributed by atoms with Gasteiger partial charge < -0.3 is 10.4 Å². The summed E-state index contributed by atoms with van der Waals surface area (Å²) in [4.78, 5) is 0. The quantitative estimate of drug-likeness (QED) is 0.776. The maximum Gasteiger partial charge on any atom is 0.0499 e. The zero-order valence-corrected chi connectivity index (χ0v) is 11.4. The van der Waals surface area contributed by atoms with Crippen LogP contribution in [0.2, 0.25) is 0 Å². The molecule has 0 radical (unpaired) electrons. The molecular weight excluding hydrogens is 222 g/mol. The first-order valence-electron chi connectivity index (χ1n) is 7.17. The van der Waals surface area contributed by atoms with Gasteiger partial charge in [0, 0.05) is 25.1 Å². The smallest absolute Gasteiger partial charge is 0.0499 e. The van der Waals surface area contributed by atoms with Crippen LogP contribution in [0.5, 0.6) is 0 Å². The van der Waals surface area contributed by atoms with E-state index in [1.165, 1.54) is 43.2 Å². The normalized spacial score (nSPS) is 17.4. The molecule has 0 spiro atoms. The summed E-state index contributed by atoms with van der Waals surface area (Å²) >= 11 is 0. The number of rotatable bonds is 7. The van der Waals surface area contributed by atoms with Gasteiger partial charge in [-0.05, 0) is 30.4 Å². The van der Waals surface area contributed by atoms with Gasteiger partial charge in [0.15, 0.2) is 0 Å². The minimum Gasteiger partial charge on any atom is -0.396 e. The number of aliphatic hydroxyl groups is 1. The number of benzene rings is 1. The van der Waals surface area contributed by atoms with Crippen LogP contribution in [-0.2, 0) is 13.0 Å². The Bertz CT molecular complexity index is 348. The van der Waals surface area contributed by atoms with E-state index in [4.69, 9.17) is 0 Å². The molecule has 0 aliphatic heterocycles. The van der Waals surface area contributed by atoms with Crippen molar-refractivity contribution >= 4 is 0 Å². The third kappa shape index (κ3) is 3.33. The van der Waals surface area contributed by atoms with Crippen LogP contribution in [0.4, 0.5) is 0 Å². The van der Waals surface area contributed by atoms with E-state index in [0.717, 1.165) is 13.1 Å². The lowest BCUT2D eigenvalue weighted by molar-refractivity contribution is 0.0445. The maximum absolute atomic E-state index is 9.39. The lowest BCUT2D eigenvalue weighted by Crippen LogP contribution is -2.42. The lowest BCUT2D eigenvalue weighted by atomic mass is 9.69. The minimum absolute atomic E-state index is 0.183. The third-order valence-electron chi connectivity index (χ3n) is 4.14. The second-order valence-electron chi connectivity index (χ2n) is 5.68. The first kappa shape index (κ1) is 13.6. The van der Waals surface area contributed by atoms with Crippen molar-refractivity contribution < 1.29 is 5.11 Å². The van der Waals surface area contributed by atoms with Gasteiger partial charge in [-0.25, -0.2) is 0 Å². The molecule has 0 amide bonds. The fourth-order valence-electron chi connectivity index (χ4n) is 2.65. The molecule has 18 heavy (non-hydrogen) atoms. The molecule has 1 aliphatic rings. The van der Waals surface area contributed by atoms with Crippen molar-refractivity contribution in [3.63, 3.8) is 0 Å². The van der Waals surface area contributed by atoms with Gasteiger partial charge in [-0.15, -0.1) is 0 Å². The molecular formula is C16H25NO. The Morgan fingerprint density at radius 2 is 1.83 bits per heavy atom. The summed E-state index contributed by atoms with van der Waals surface area (Å²) < 4.78 is 0. The molecule has 100 valence electrons. The number of hydrogen-bond acceptors (Lipinski definition) is 2. The van der Waals surface area contributed by atoms with E-state index in [-0.39, 0.29) is 5.41 Å². The largest absolute Gasteiger partial charge is 0.396 e. The van der Waals surface area contributed by atoms with E-state index in [2.05, 4.69) is 36.5 Å². The molecule has 1 aromatic rings. The Kier molecular flexibility index (Phi) is 4.79. The monoisotopic (exact) mass is 247 g/mol. The molecule has 0 atom stereocenters. The van der Waals surface area contributed by atoms with Crippen molar-refractivity contribution in [3.05, 3.63) is 35.4 Å². The Morgan fingerprint density at radius 1 is 1.17 bits per heavy atom. The Balaban J connectivity index is 1.76. The topological polar surface area (TPSA) is 32.3 Å². The van der Waals surface area contributed by atoms with Gasteiger partial charge in [-0.2, -0.15) is 0 Å². The van der Waals surface area contributed by atoms with Gasteiger partial charge in [-0.1, -0.05) is 44.0 Å². The summed E-state index contributed by atoms with van der Waals surface area (Å²) in [7, 11) is 0. The van der Waals surface area contributed by atoms with E-state index in [1.807, 2.05) is 0 Å². The van der Waals surface area contributed by atoms with Crippen LogP contribution in [0.1, 0.15) is 43.7 Å². The van der Waals surface area contributed by atoms with Gasteiger partial charge in [-0.3, -0.25) is 0 Å². The third-order valence-corrected chi connectivity index (χ3v) is 4.14. The molecule has 0 heterocycles. The van der Waals surface area contributed by atoms with Crippen LogP contribution in [0.15, 0.2) is 24.3 Å². The van der Waals surface area contributed by atoms with Crippen LogP contribution in [0.3, 0.4) is 0 Å². The second kappa shape index (κ2) is 6.35. The van der Waals surface area contributed by atoms with Crippen molar-refractivity contribution in [3.8, 4) is 0 Å². The Labute approximate surface area is 110 Å². The highest BCUT2D eigenvalue weighted by Crippen LogP contribution is 2.39. The van der Waals surface area contributed by atoms with Crippen LogP contribution < -0.4 is 5.32 Å². The molecule has 0 unspecified atom stereocenters. The van der Waals surface area contributed by atoms with E-state index in [0.29, 0.717) is 6.61 Å². The van der Waals surface area contributed by atoms with Crippen LogP contribution in [-0.4, -0.2) is 18.3 Å². The van der Waals surface area contributed by atoms with Gasteiger partial charge in [0.1, 0.15) is 0 Å². The van der Waals surface area contributed by atoms with Crippen molar-refractivity contribution in [2.75, 3.05) is 13.2 Å². The molecule has 2 N–H and O–H groups in total. The molecule has 0 saturated heterocycles. The molecule has 1 aromatic carbocycles. The average Bonchev–Trinajstić information content (AvgIpc) is 2.35. The first-order valence-corrected chi connectivity index (χ1v) is 7.17. The highest BCUT2D eigenvalue weighted by atomic mass is 16.3. The SMILES string of the molecule is CCCc1ccc(CNCC2(CO)CCC2)cc1. The highest BCUT2D eigenvalue weighted by molar-refractivity contribution is 5.22. The number of aryl methyl sites for hydroxylation is 1. The molecule has 1 saturated carbocycles. The summed E-state index contributed by atoms with van der Waals surface area (Å²) in [6.07, 6.45) is 5.99. The first-order chi connectivity index (χ1) is 8.78. The van der Waals surface area contributed by atoms with E-state index >= 15 is 0 Å². The van der Waals surface area contributed by atoms with E-state index < -0.39 is 0 Å². The number of hydrogen-bond donors (Lipinski definition) is 2. The fourth-order valence-corrected chi connectivity index (χ4v) is 2.65. The van der Waals surface area contributed by atoms with Gasteiger partial charge in [0.2, 0.25) is 0 Å². The lowest BCUT2D eigenvalue weighted by Gasteiger charge is -2.40. The van der Waals surface area contributed by atoms with E-state index in [1.54, 1.807) is 0 Å². The average molecular weight is 247 g/mol. The minimum atomic E-state index is 0.183. The molecule has 1 fully saturated rings. The van der Waals surface area contributed by atoms with Gasteiger partial charge in [0.25, 0.3) is 0 Å². The summed E-state index contributed by atoms with van der Waals surface area (Å²) in [6.45, 7) is 4.40. The predicted octanol–water partition coefficient (Wildman–Crippen LogP) is 2.89. The second-order valence-corrected chi connectivity index (χ2v) is 5.68. The molecule has 2 nitrogen and oxygen atoms in total. The summed E-state index contributed by atoms with van der Waals surface area (Å²) in [5, 5.41) is 12.9. The Hall–Kier alpha value is -0.860. The zero-order chi connectivity index (χ0) is 12.8. The molecule has 0 aromatic heterocycles.